The van der Waals surface area contributed by atoms with E-state index in [0.717, 1.165) is 24.3 Å². The van der Waals surface area contributed by atoms with Crippen molar-refractivity contribution in [2.45, 2.75) is 31.7 Å². The van der Waals surface area contributed by atoms with Crippen molar-refractivity contribution in [2.75, 3.05) is 5.73 Å². The summed E-state index contributed by atoms with van der Waals surface area (Å²) in [5.74, 6) is 1.50. The van der Waals surface area contributed by atoms with Crippen LogP contribution in [-0.2, 0) is 6.42 Å². The maximum atomic E-state index is 6.03. The van der Waals surface area contributed by atoms with Gasteiger partial charge in [0.2, 0.25) is 0 Å². The number of aromatic nitrogens is 1. The third-order valence-electron chi connectivity index (χ3n) is 2.74. The Labute approximate surface area is 84.5 Å². The van der Waals surface area contributed by atoms with Crippen molar-refractivity contribution in [3.8, 4) is 0 Å². The van der Waals surface area contributed by atoms with Crippen LogP contribution in [0.3, 0.4) is 0 Å². The lowest BCUT2D eigenvalue weighted by atomic mass is 10.0. The SMILES string of the molecule is Nc1ncccc1CC(N)CC1CC1. The zero-order valence-electron chi connectivity index (χ0n) is 8.32. The summed E-state index contributed by atoms with van der Waals surface area (Å²) < 4.78 is 0. The minimum absolute atomic E-state index is 0.244. The molecule has 1 unspecified atom stereocenters. The second-order valence-electron chi connectivity index (χ2n) is 4.19. The van der Waals surface area contributed by atoms with E-state index in [9.17, 15) is 0 Å². The highest BCUT2D eigenvalue weighted by Gasteiger charge is 2.24. The predicted molar refractivity (Wildman–Crippen MR) is 57.7 cm³/mol. The normalized spacial score (nSPS) is 18.1. The van der Waals surface area contributed by atoms with E-state index in [1.54, 1.807) is 6.20 Å². The van der Waals surface area contributed by atoms with Gasteiger partial charge >= 0.3 is 0 Å². The van der Waals surface area contributed by atoms with Gasteiger partial charge in [-0.1, -0.05) is 18.9 Å². The van der Waals surface area contributed by atoms with Crippen molar-refractivity contribution >= 4 is 5.82 Å². The zero-order valence-corrected chi connectivity index (χ0v) is 8.32. The summed E-state index contributed by atoms with van der Waals surface area (Å²) in [6.07, 6.45) is 6.42. The van der Waals surface area contributed by atoms with E-state index in [2.05, 4.69) is 4.98 Å². The summed E-state index contributed by atoms with van der Waals surface area (Å²) in [7, 11) is 0. The van der Waals surface area contributed by atoms with Crippen molar-refractivity contribution in [3.63, 3.8) is 0 Å². The maximum Gasteiger partial charge on any atom is 0.126 e. The highest BCUT2D eigenvalue weighted by atomic mass is 14.8. The zero-order chi connectivity index (χ0) is 9.97. The second kappa shape index (κ2) is 3.96. The largest absolute Gasteiger partial charge is 0.383 e. The molecule has 2 rings (SSSR count). The van der Waals surface area contributed by atoms with E-state index in [4.69, 9.17) is 11.5 Å². The number of hydrogen-bond donors (Lipinski definition) is 2. The molecule has 0 spiro atoms. The minimum atomic E-state index is 0.244. The molecule has 0 radical (unpaired) electrons. The molecule has 0 amide bonds. The summed E-state index contributed by atoms with van der Waals surface area (Å²) in [6, 6.07) is 4.17. The van der Waals surface area contributed by atoms with Gasteiger partial charge in [-0.3, -0.25) is 0 Å². The molecule has 0 saturated heterocycles. The van der Waals surface area contributed by atoms with Crippen LogP contribution in [0.25, 0.3) is 0 Å². The molecule has 1 aromatic heterocycles. The standard InChI is InChI=1S/C11H17N3/c12-10(6-8-3-4-8)7-9-2-1-5-14-11(9)13/h1-2,5,8,10H,3-4,6-7,12H2,(H2,13,14). The average Bonchev–Trinajstić information content (AvgIpc) is 2.93. The van der Waals surface area contributed by atoms with Crippen molar-refractivity contribution < 1.29 is 0 Å². The van der Waals surface area contributed by atoms with Crippen LogP contribution < -0.4 is 11.5 Å². The molecule has 0 bridgehead atoms. The Morgan fingerprint density at radius 3 is 2.93 bits per heavy atom. The number of nitrogen functional groups attached to an aromatic ring is 1. The van der Waals surface area contributed by atoms with Crippen molar-refractivity contribution in [1.29, 1.82) is 0 Å². The topological polar surface area (TPSA) is 64.9 Å². The molecule has 3 nitrogen and oxygen atoms in total. The third kappa shape index (κ3) is 2.45. The van der Waals surface area contributed by atoms with Crippen molar-refractivity contribution in [1.82, 2.24) is 4.98 Å². The fourth-order valence-corrected chi connectivity index (χ4v) is 1.77. The highest BCUT2D eigenvalue weighted by molar-refractivity contribution is 5.38. The van der Waals surface area contributed by atoms with Gasteiger partial charge in [0.05, 0.1) is 0 Å². The first-order chi connectivity index (χ1) is 6.75. The average molecular weight is 191 g/mol. The van der Waals surface area contributed by atoms with Gasteiger partial charge in [-0.05, 0) is 30.4 Å². The molecule has 14 heavy (non-hydrogen) atoms. The third-order valence-corrected chi connectivity index (χ3v) is 2.74. The molecule has 1 aromatic rings. The summed E-state index contributed by atoms with van der Waals surface area (Å²) in [5, 5.41) is 0. The molecule has 1 saturated carbocycles. The molecule has 3 heteroatoms. The van der Waals surface area contributed by atoms with E-state index >= 15 is 0 Å². The fourth-order valence-electron chi connectivity index (χ4n) is 1.77. The highest BCUT2D eigenvalue weighted by Crippen LogP contribution is 2.33. The quantitative estimate of drug-likeness (QED) is 0.754. The predicted octanol–water partition coefficient (Wildman–Crippen LogP) is 1.33. The molecule has 0 aliphatic heterocycles. The number of nitrogens with zero attached hydrogens (tertiary/aromatic N) is 1. The number of pyridine rings is 1. The molecule has 0 aromatic carbocycles. The molecule has 1 aliphatic rings. The van der Waals surface area contributed by atoms with E-state index in [1.807, 2.05) is 12.1 Å². The Bertz CT molecular complexity index is 307. The Hall–Kier alpha value is -1.09. The van der Waals surface area contributed by atoms with Gasteiger partial charge in [-0.25, -0.2) is 4.98 Å². The van der Waals surface area contributed by atoms with Gasteiger partial charge in [-0.15, -0.1) is 0 Å². The lowest BCUT2D eigenvalue weighted by Gasteiger charge is -2.11. The molecular formula is C11H17N3. The molecule has 1 aliphatic carbocycles. The van der Waals surface area contributed by atoms with Gasteiger partial charge < -0.3 is 11.5 Å². The van der Waals surface area contributed by atoms with Gasteiger partial charge in [0.25, 0.3) is 0 Å². The fraction of sp³-hybridized carbons (Fsp3) is 0.545. The summed E-state index contributed by atoms with van der Waals surface area (Å²) in [5.41, 5.74) is 12.9. The molecule has 1 fully saturated rings. The van der Waals surface area contributed by atoms with Crippen LogP contribution >= 0.6 is 0 Å². The molecule has 1 heterocycles. The number of rotatable bonds is 4. The van der Waals surface area contributed by atoms with E-state index < -0.39 is 0 Å². The van der Waals surface area contributed by atoms with Crippen LogP contribution in [0.5, 0.6) is 0 Å². The number of nitrogens with two attached hydrogens (primary N) is 2. The lowest BCUT2D eigenvalue weighted by molar-refractivity contribution is 0.566. The van der Waals surface area contributed by atoms with Crippen LogP contribution in [0.2, 0.25) is 0 Å². The van der Waals surface area contributed by atoms with Crippen LogP contribution in [-0.4, -0.2) is 11.0 Å². The lowest BCUT2D eigenvalue weighted by Crippen LogP contribution is -2.24. The Morgan fingerprint density at radius 1 is 1.50 bits per heavy atom. The smallest absolute Gasteiger partial charge is 0.126 e. The molecular weight excluding hydrogens is 174 g/mol. The van der Waals surface area contributed by atoms with Crippen molar-refractivity contribution in [3.05, 3.63) is 23.9 Å². The van der Waals surface area contributed by atoms with E-state index in [-0.39, 0.29) is 6.04 Å². The van der Waals surface area contributed by atoms with Crippen LogP contribution in [0, 0.1) is 5.92 Å². The van der Waals surface area contributed by atoms with Gasteiger partial charge in [0.1, 0.15) is 5.82 Å². The van der Waals surface area contributed by atoms with E-state index in [0.29, 0.717) is 5.82 Å². The number of hydrogen-bond acceptors (Lipinski definition) is 3. The van der Waals surface area contributed by atoms with Gasteiger partial charge in [0.15, 0.2) is 0 Å². The Kier molecular flexibility index (Phi) is 2.68. The minimum Gasteiger partial charge on any atom is -0.383 e. The van der Waals surface area contributed by atoms with Crippen LogP contribution in [0.1, 0.15) is 24.8 Å². The van der Waals surface area contributed by atoms with Gasteiger partial charge in [-0.2, -0.15) is 0 Å². The van der Waals surface area contributed by atoms with Crippen molar-refractivity contribution in [2.24, 2.45) is 11.7 Å². The first-order valence-corrected chi connectivity index (χ1v) is 5.20. The Morgan fingerprint density at radius 2 is 2.29 bits per heavy atom. The summed E-state index contributed by atoms with van der Waals surface area (Å²) in [4.78, 5) is 4.05. The Balaban J connectivity index is 1.91. The van der Waals surface area contributed by atoms with Gasteiger partial charge in [0, 0.05) is 12.2 Å². The van der Waals surface area contributed by atoms with E-state index in [1.165, 1.54) is 12.8 Å². The number of anilines is 1. The molecule has 1 atom stereocenters. The van der Waals surface area contributed by atoms with Crippen LogP contribution in [0.15, 0.2) is 18.3 Å². The summed E-state index contributed by atoms with van der Waals surface area (Å²) >= 11 is 0. The monoisotopic (exact) mass is 191 g/mol. The maximum absolute atomic E-state index is 6.03. The second-order valence-corrected chi connectivity index (χ2v) is 4.19. The summed E-state index contributed by atoms with van der Waals surface area (Å²) in [6.45, 7) is 0. The first kappa shape index (κ1) is 9.46. The molecule has 76 valence electrons. The van der Waals surface area contributed by atoms with Crippen LogP contribution in [0.4, 0.5) is 5.82 Å². The first-order valence-electron chi connectivity index (χ1n) is 5.20. The molecule has 4 N–H and O–H groups in total.